The Kier molecular flexibility index (Phi) is 5.62. The Morgan fingerprint density at radius 3 is 2.29 bits per heavy atom. The molecule has 0 aliphatic carbocycles. The van der Waals surface area contributed by atoms with Crippen LogP contribution in [-0.2, 0) is 9.59 Å². The van der Waals surface area contributed by atoms with Gasteiger partial charge in [0.15, 0.2) is 0 Å². The van der Waals surface area contributed by atoms with Gasteiger partial charge in [0.1, 0.15) is 5.78 Å². The molecule has 0 radical (unpaired) electrons. The number of nitrogens with one attached hydrogen (secondary N) is 1. The second-order valence-electron chi connectivity index (χ2n) is 5.24. The minimum Gasteiger partial charge on any atom is -0.354 e. The van der Waals surface area contributed by atoms with Gasteiger partial charge in [0.2, 0.25) is 5.91 Å². The molecule has 17 heavy (non-hydrogen) atoms. The van der Waals surface area contributed by atoms with Gasteiger partial charge in [-0.25, -0.2) is 0 Å². The van der Waals surface area contributed by atoms with E-state index < -0.39 is 0 Å². The second-order valence-corrected chi connectivity index (χ2v) is 5.24. The molecule has 1 unspecified atom stereocenters. The third kappa shape index (κ3) is 4.86. The summed E-state index contributed by atoms with van der Waals surface area (Å²) in [6.45, 7) is 8.72. The molecule has 1 amide bonds. The van der Waals surface area contributed by atoms with Gasteiger partial charge in [-0.15, -0.1) is 0 Å². The molecule has 1 saturated heterocycles. The van der Waals surface area contributed by atoms with Gasteiger partial charge in [-0.2, -0.15) is 0 Å². The lowest BCUT2D eigenvalue weighted by Crippen LogP contribution is -2.45. The Hall–Kier alpha value is -0.900. The van der Waals surface area contributed by atoms with Crippen molar-refractivity contribution in [1.29, 1.82) is 0 Å². The van der Waals surface area contributed by atoms with Crippen LogP contribution in [0.15, 0.2) is 0 Å². The molecule has 1 atom stereocenters. The van der Waals surface area contributed by atoms with E-state index in [0.29, 0.717) is 18.5 Å². The molecule has 0 aromatic heterocycles. The molecule has 0 aromatic rings. The third-order valence-electron chi connectivity index (χ3n) is 3.30. The fourth-order valence-electron chi connectivity index (χ4n) is 2.37. The summed E-state index contributed by atoms with van der Waals surface area (Å²) < 4.78 is 0. The quantitative estimate of drug-likeness (QED) is 0.710. The molecule has 1 N–H and O–H groups in total. The van der Waals surface area contributed by atoms with Crippen LogP contribution in [0, 0.1) is 5.92 Å². The number of Topliss-reactive ketones (excluding diaryl/α,β-unsaturated/α-hetero) is 1. The highest BCUT2D eigenvalue weighted by Crippen LogP contribution is 2.17. The van der Waals surface area contributed by atoms with Crippen molar-refractivity contribution in [1.82, 2.24) is 10.2 Å². The van der Waals surface area contributed by atoms with Crippen LogP contribution in [0.2, 0.25) is 0 Å². The van der Waals surface area contributed by atoms with Crippen molar-refractivity contribution in [2.24, 2.45) is 5.92 Å². The zero-order valence-electron chi connectivity index (χ0n) is 11.2. The van der Waals surface area contributed by atoms with Gasteiger partial charge >= 0.3 is 0 Å². The van der Waals surface area contributed by atoms with Crippen molar-refractivity contribution in [3.63, 3.8) is 0 Å². The lowest BCUT2D eigenvalue weighted by atomic mass is 10.0. The number of likely N-dealkylation sites (tertiary alicyclic amines) is 1. The van der Waals surface area contributed by atoms with E-state index in [-0.39, 0.29) is 18.1 Å². The van der Waals surface area contributed by atoms with Gasteiger partial charge in [-0.05, 0) is 38.8 Å². The smallest absolute Gasteiger partial charge is 0.227 e. The van der Waals surface area contributed by atoms with E-state index >= 15 is 0 Å². The number of ketones is 1. The highest BCUT2D eigenvalue weighted by atomic mass is 16.2. The largest absolute Gasteiger partial charge is 0.354 e. The maximum Gasteiger partial charge on any atom is 0.227 e. The topological polar surface area (TPSA) is 49.4 Å². The Labute approximate surface area is 104 Å². The summed E-state index contributed by atoms with van der Waals surface area (Å²) in [6, 6.07) is 0.397. The Morgan fingerprint density at radius 2 is 1.82 bits per heavy atom. The molecule has 4 heteroatoms. The summed E-state index contributed by atoms with van der Waals surface area (Å²) in [4.78, 5) is 24.7. The summed E-state index contributed by atoms with van der Waals surface area (Å²) in [5, 5.41) is 2.87. The number of nitrogens with zero attached hydrogens (tertiary/aromatic N) is 1. The van der Waals surface area contributed by atoms with Gasteiger partial charge in [0.05, 0.1) is 6.42 Å². The Balaban J connectivity index is 2.39. The molecule has 1 aliphatic rings. The van der Waals surface area contributed by atoms with Gasteiger partial charge < -0.3 is 5.32 Å². The number of carbonyl (C=O) groups is 2. The summed E-state index contributed by atoms with van der Waals surface area (Å²) in [7, 11) is 0. The molecule has 1 heterocycles. The molecule has 1 rings (SSSR count). The number of amides is 1. The molecule has 4 nitrogen and oxygen atoms in total. The van der Waals surface area contributed by atoms with Crippen molar-refractivity contribution < 1.29 is 9.59 Å². The molecule has 98 valence electrons. The number of hydrogen-bond acceptors (Lipinski definition) is 3. The molecule has 0 spiro atoms. The molecule has 0 bridgehead atoms. The Bertz CT molecular complexity index is 271. The number of hydrogen-bond donors (Lipinski definition) is 1. The van der Waals surface area contributed by atoms with Crippen molar-refractivity contribution in [2.45, 2.75) is 46.1 Å². The summed E-state index contributed by atoms with van der Waals surface area (Å²) in [6.07, 6.45) is 2.51. The van der Waals surface area contributed by atoms with E-state index in [1.165, 1.54) is 19.8 Å². The maximum absolute atomic E-state index is 11.4. The van der Waals surface area contributed by atoms with Gasteiger partial charge in [0.25, 0.3) is 0 Å². The van der Waals surface area contributed by atoms with Crippen molar-refractivity contribution in [2.75, 3.05) is 19.6 Å². The first kappa shape index (κ1) is 14.2. The van der Waals surface area contributed by atoms with Crippen LogP contribution in [-0.4, -0.2) is 42.3 Å². The van der Waals surface area contributed by atoms with Crippen LogP contribution in [0.1, 0.15) is 40.0 Å². The fraction of sp³-hybridized carbons (Fsp3) is 0.846. The van der Waals surface area contributed by atoms with E-state index in [1.807, 2.05) is 0 Å². The van der Waals surface area contributed by atoms with Crippen molar-refractivity contribution in [3.8, 4) is 0 Å². The van der Waals surface area contributed by atoms with Crippen LogP contribution in [0.4, 0.5) is 0 Å². The lowest BCUT2D eigenvalue weighted by molar-refractivity contribution is -0.127. The SMILES string of the molecule is CC(=O)CC(=O)NCC(C(C)C)N1CCCC1. The average Bonchev–Trinajstić information content (AvgIpc) is 2.69. The van der Waals surface area contributed by atoms with Crippen LogP contribution >= 0.6 is 0 Å². The zero-order chi connectivity index (χ0) is 12.8. The molecule has 0 saturated carbocycles. The molecular weight excluding hydrogens is 216 g/mol. The van der Waals surface area contributed by atoms with Crippen LogP contribution in [0.25, 0.3) is 0 Å². The maximum atomic E-state index is 11.4. The predicted octanol–water partition coefficient (Wildman–Crippen LogP) is 1.20. The second kappa shape index (κ2) is 6.74. The summed E-state index contributed by atoms with van der Waals surface area (Å²) >= 11 is 0. The van der Waals surface area contributed by atoms with E-state index in [0.717, 1.165) is 13.1 Å². The van der Waals surface area contributed by atoms with Gasteiger partial charge in [-0.3, -0.25) is 14.5 Å². The summed E-state index contributed by atoms with van der Waals surface area (Å²) in [5.41, 5.74) is 0. The van der Waals surface area contributed by atoms with E-state index in [9.17, 15) is 9.59 Å². The average molecular weight is 240 g/mol. The fourth-order valence-corrected chi connectivity index (χ4v) is 2.37. The third-order valence-corrected chi connectivity index (χ3v) is 3.30. The van der Waals surface area contributed by atoms with E-state index in [2.05, 4.69) is 24.1 Å². The Morgan fingerprint density at radius 1 is 1.24 bits per heavy atom. The first-order valence-corrected chi connectivity index (χ1v) is 6.51. The predicted molar refractivity (Wildman–Crippen MR) is 67.7 cm³/mol. The van der Waals surface area contributed by atoms with Gasteiger partial charge in [-0.1, -0.05) is 13.8 Å². The molecule has 1 fully saturated rings. The zero-order valence-corrected chi connectivity index (χ0v) is 11.2. The minimum atomic E-state index is -0.151. The van der Waals surface area contributed by atoms with Crippen molar-refractivity contribution >= 4 is 11.7 Å². The lowest BCUT2D eigenvalue weighted by Gasteiger charge is -2.30. The summed E-state index contributed by atoms with van der Waals surface area (Å²) in [5.74, 6) is 0.290. The monoisotopic (exact) mass is 240 g/mol. The molecular formula is C13H24N2O2. The van der Waals surface area contributed by atoms with Crippen molar-refractivity contribution in [3.05, 3.63) is 0 Å². The van der Waals surface area contributed by atoms with Gasteiger partial charge in [0, 0.05) is 12.6 Å². The van der Waals surface area contributed by atoms with E-state index in [1.54, 1.807) is 0 Å². The standard InChI is InChI=1S/C13H24N2O2/c1-10(2)12(15-6-4-5-7-15)9-14-13(17)8-11(3)16/h10,12H,4-9H2,1-3H3,(H,14,17). The van der Waals surface area contributed by atoms with Crippen LogP contribution < -0.4 is 5.32 Å². The molecule has 0 aromatic carbocycles. The van der Waals surface area contributed by atoms with Crippen LogP contribution in [0.3, 0.4) is 0 Å². The minimum absolute atomic E-state index is 0.00478. The first-order valence-electron chi connectivity index (χ1n) is 6.51. The first-order chi connectivity index (χ1) is 8.00. The highest BCUT2D eigenvalue weighted by Gasteiger charge is 2.24. The molecule has 1 aliphatic heterocycles. The number of carbonyl (C=O) groups excluding carboxylic acids is 2. The van der Waals surface area contributed by atoms with E-state index in [4.69, 9.17) is 0 Å². The van der Waals surface area contributed by atoms with Crippen LogP contribution in [0.5, 0.6) is 0 Å². The normalized spacial score (nSPS) is 18.4. The number of rotatable bonds is 6. The highest BCUT2D eigenvalue weighted by molar-refractivity contribution is 5.96.